The minimum atomic E-state index is -0.0115. The van der Waals surface area contributed by atoms with Gasteiger partial charge in [-0.05, 0) is 18.6 Å². The molecule has 1 unspecified atom stereocenters. The Bertz CT molecular complexity index is 484. The number of aliphatic imine (C=N–C) groups is 1. The van der Waals surface area contributed by atoms with E-state index in [0.29, 0.717) is 23.3 Å². The number of hydrogen-bond acceptors (Lipinski definition) is 3. The van der Waals surface area contributed by atoms with Crippen molar-refractivity contribution < 1.29 is 4.74 Å². The Kier molecular flexibility index (Phi) is 9.35. The van der Waals surface area contributed by atoms with Crippen LogP contribution in [-0.4, -0.2) is 48.1 Å². The second kappa shape index (κ2) is 10.4. The van der Waals surface area contributed by atoms with Gasteiger partial charge >= 0.3 is 0 Å². The average Bonchev–Trinajstić information content (AvgIpc) is 2.53. The Morgan fingerprint density at radius 1 is 1.41 bits per heavy atom. The van der Waals surface area contributed by atoms with Crippen molar-refractivity contribution in [2.75, 3.05) is 31.1 Å². The van der Waals surface area contributed by atoms with E-state index in [-0.39, 0.29) is 30.1 Å². The lowest BCUT2D eigenvalue weighted by atomic mass is 10.2. The van der Waals surface area contributed by atoms with Crippen LogP contribution < -0.4 is 10.5 Å². The fourth-order valence-electron chi connectivity index (χ4n) is 2.06. The second-order valence-electron chi connectivity index (χ2n) is 4.88. The zero-order chi connectivity index (χ0) is 15.1. The van der Waals surface area contributed by atoms with Gasteiger partial charge in [-0.2, -0.15) is 11.8 Å². The molecule has 0 aromatic heterocycles. The molecule has 0 saturated carbocycles. The van der Waals surface area contributed by atoms with Crippen LogP contribution >= 0.6 is 47.3 Å². The molecule has 0 bridgehead atoms. The van der Waals surface area contributed by atoms with Crippen LogP contribution in [0.4, 0.5) is 0 Å². The SMILES string of the molecule is CCC(CN=C(N)N1CCSCC1)Oc1ccccc1Cl.I. The predicted octanol–water partition coefficient (Wildman–Crippen LogP) is 3.48. The summed E-state index contributed by atoms with van der Waals surface area (Å²) in [5, 5.41) is 0.626. The highest BCUT2D eigenvalue weighted by Crippen LogP contribution is 2.24. The molecule has 7 heteroatoms. The van der Waals surface area contributed by atoms with E-state index in [9.17, 15) is 0 Å². The van der Waals surface area contributed by atoms with Crippen LogP contribution in [0.25, 0.3) is 0 Å². The highest BCUT2D eigenvalue weighted by molar-refractivity contribution is 14.0. The molecule has 0 aliphatic carbocycles. The van der Waals surface area contributed by atoms with E-state index in [2.05, 4.69) is 16.8 Å². The standard InChI is InChI=1S/C15H22ClN3OS.HI/c1-2-12(20-14-6-4-3-5-13(14)16)11-18-15(17)19-7-9-21-10-8-19;/h3-6,12H,2,7-11H2,1H3,(H2,17,18);1H. The van der Waals surface area contributed by atoms with Crippen molar-refractivity contribution in [2.24, 2.45) is 10.7 Å². The largest absolute Gasteiger partial charge is 0.487 e. The number of guanidine groups is 1. The minimum Gasteiger partial charge on any atom is -0.487 e. The Hall–Kier alpha value is -0.340. The summed E-state index contributed by atoms with van der Waals surface area (Å²) >= 11 is 8.07. The zero-order valence-electron chi connectivity index (χ0n) is 12.7. The highest BCUT2D eigenvalue weighted by Gasteiger charge is 2.14. The van der Waals surface area contributed by atoms with Crippen LogP contribution in [0.2, 0.25) is 5.02 Å². The Morgan fingerprint density at radius 2 is 2.09 bits per heavy atom. The van der Waals surface area contributed by atoms with Gasteiger partial charge in [-0.1, -0.05) is 30.7 Å². The number of halogens is 2. The zero-order valence-corrected chi connectivity index (χ0v) is 16.6. The van der Waals surface area contributed by atoms with Gasteiger partial charge in [0.15, 0.2) is 5.96 Å². The molecule has 1 atom stereocenters. The van der Waals surface area contributed by atoms with Crippen molar-refractivity contribution >= 4 is 53.3 Å². The van der Waals surface area contributed by atoms with Gasteiger partial charge in [-0.25, -0.2) is 4.99 Å². The van der Waals surface area contributed by atoms with Gasteiger partial charge in [0.1, 0.15) is 11.9 Å². The molecule has 2 rings (SSSR count). The summed E-state index contributed by atoms with van der Waals surface area (Å²) in [6.45, 7) is 4.58. The van der Waals surface area contributed by atoms with Crippen LogP contribution in [-0.2, 0) is 0 Å². The molecule has 1 fully saturated rings. The van der Waals surface area contributed by atoms with E-state index in [1.165, 1.54) is 0 Å². The Labute approximate surface area is 158 Å². The van der Waals surface area contributed by atoms with Crippen molar-refractivity contribution in [1.29, 1.82) is 0 Å². The third kappa shape index (κ3) is 6.04. The van der Waals surface area contributed by atoms with Crippen molar-refractivity contribution in [3.05, 3.63) is 29.3 Å². The van der Waals surface area contributed by atoms with Crippen LogP contribution in [0.3, 0.4) is 0 Å². The summed E-state index contributed by atoms with van der Waals surface area (Å²) in [6, 6.07) is 7.50. The quantitative estimate of drug-likeness (QED) is 0.420. The van der Waals surface area contributed by atoms with Crippen LogP contribution in [0.1, 0.15) is 13.3 Å². The van der Waals surface area contributed by atoms with Crippen molar-refractivity contribution in [2.45, 2.75) is 19.4 Å². The van der Waals surface area contributed by atoms with Crippen LogP contribution in [0, 0.1) is 0 Å². The average molecular weight is 456 g/mol. The first kappa shape index (κ1) is 19.7. The molecule has 1 aliphatic rings. The topological polar surface area (TPSA) is 50.8 Å². The molecule has 0 spiro atoms. The number of para-hydroxylation sites is 1. The molecule has 1 aromatic carbocycles. The van der Waals surface area contributed by atoms with E-state index < -0.39 is 0 Å². The summed E-state index contributed by atoms with van der Waals surface area (Å²) in [7, 11) is 0. The molecular formula is C15H23ClIN3OS. The molecule has 1 heterocycles. The number of nitrogens with two attached hydrogens (primary N) is 1. The molecule has 4 nitrogen and oxygen atoms in total. The van der Waals surface area contributed by atoms with Gasteiger partial charge in [-0.3, -0.25) is 0 Å². The molecule has 0 radical (unpaired) electrons. The number of rotatable bonds is 5. The summed E-state index contributed by atoms with van der Waals surface area (Å²) in [5.41, 5.74) is 6.06. The second-order valence-corrected chi connectivity index (χ2v) is 6.51. The van der Waals surface area contributed by atoms with E-state index in [0.717, 1.165) is 31.0 Å². The minimum absolute atomic E-state index is 0. The lowest BCUT2D eigenvalue weighted by Gasteiger charge is -2.27. The molecule has 2 N–H and O–H groups in total. The molecule has 1 aliphatic heterocycles. The fraction of sp³-hybridized carbons (Fsp3) is 0.533. The first-order chi connectivity index (χ1) is 10.2. The molecular weight excluding hydrogens is 433 g/mol. The molecule has 1 aromatic rings. The Morgan fingerprint density at radius 3 is 2.73 bits per heavy atom. The maximum absolute atomic E-state index is 6.11. The summed E-state index contributed by atoms with van der Waals surface area (Å²) in [6.07, 6.45) is 0.848. The lowest BCUT2D eigenvalue weighted by molar-refractivity contribution is 0.205. The number of nitrogens with zero attached hydrogens (tertiary/aromatic N) is 2. The smallest absolute Gasteiger partial charge is 0.191 e. The van der Waals surface area contributed by atoms with Crippen molar-refractivity contribution in [3.63, 3.8) is 0 Å². The highest BCUT2D eigenvalue weighted by atomic mass is 127. The van der Waals surface area contributed by atoms with E-state index >= 15 is 0 Å². The predicted molar refractivity (Wildman–Crippen MR) is 107 cm³/mol. The first-order valence-electron chi connectivity index (χ1n) is 7.24. The molecule has 0 amide bonds. The summed E-state index contributed by atoms with van der Waals surface area (Å²) in [4.78, 5) is 6.63. The van der Waals surface area contributed by atoms with Gasteiger partial charge in [0.05, 0.1) is 11.6 Å². The third-order valence-electron chi connectivity index (χ3n) is 3.38. The number of benzene rings is 1. The normalized spacial score (nSPS) is 16.8. The summed E-state index contributed by atoms with van der Waals surface area (Å²) < 4.78 is 5.91. The van der Waals surface area contributed by atoms with E-state index in [4.69, 9.17) is 22.1 Å². The van der Waals surface area contributed by atoms with Crippen molar-refractivity contribution in [3.8, 4) is 5.75 Å². The first-order valence-corrected chi connectivity index (χ1v) is 8.77. The fourth-order valence-corrected chi connectivity index (χ4v) is 3.14. The van der Waals surface area contributed by atoms with Gasteiger partial charge < -0.3 is 15.4 Å². The Balaban J connectivity index is 0.00000242. The van der Waals surface area contributed by atoms with Crippen LogP contribution in [0.5, 0.6) is 5.75 Å². The van der Waals surface area contributed by atoms with E-state index in [1.807, 2.05) is 36.0 Å². The van der Waals surface area contributed by atoms with E-state index in [1.54, 1.807) is 0 Å². The third-order valence-corrected chi connectivity index (χ3v) is 4.63. The maximum atomic E-state index is 6.11. The van der Waals surface area contributed by atoms with Crippen LogP contribution in [0.15, 0.2) is 29.3 Å². The molecule has 124 valence electrons. The van der Waals surface area contributed by atoms with Gasteiger partial charge in [0.2, 0.25) is 0 Å². The van der Waals surface area contributed by atoms with Crippen molar-refractivity contribution in [1.82, 2.24) is 4.90 Å². The summed E-state index contributed by atoms with van der Waals surface area (Å²) in [5.74, 6) is 3.55. The van der Waals surface area contributed by atoms with Gasteiger partial charge in [-0.15, -0.1) is 24.0 Å². The number of ether oxygens (including phenoxy) is 1. The lowest BCUT2D eigenvalue weighted by Crippen LogP contribution is -2.43. The number of hydrogen-bond donors (Lipinski definition) is 1. The maximum Gasteiger partial charge on any atom is 0.191 e. The van der Waals surface area contributed by atoms with Gasteiger partial charge in [0, 0.05) is 24.6 Å². The monoisotopic (exact) mass is 455 g/mol. The van der Waals surface area contributed by atoms with Gasteiger partial charge in [0.25, 0.3) is 0 Å². The number of thioether (sulfide) groups is 1. The molecule has 1 saturated heterocycles. The molecule has 22 heavy (non-hydrogen) atoms.